The molecule has 4 nitrogen and oxygen atoms in total. The molecule has 1 amide bonds. The minimum absolute atomic E-state index is 0.215. The van der Waals surface area contributed by atoms with Crippen LogP contribution < -0.4 is 0 Å². The summed E-state index contributed by atoms with van der Waals surface area (Å²) in [6.45, 7) is 7.79. The quantitative estimate of drug-likeness (QED) is 0.370. The summed E-state index contributed by atoms with van der Waals surface area (Å²) in [6, 6.07) is 14.3. The number of phenolic OH excluding ortho intramolecular Hbond substituents is 1. The first-order chi connectivity index (χ1) is 15.0. The highest BCUT2D eigenvalue weighted by molar-refractivity contribution is 7.80. The molecule has 2 heterocycles. The van der Waals surface area contributed by atoms with Crippen molar-refractivity contribution in [3.05, 3.63) is 57.4 Å². The fourth-order valence-corrected chi connectivity index (χ4v) is 6.80. The molecule has 0 saturated carbocycles. The average molecular weight is 471 g/mol. The van der Waals surface area contributed by atoms with E-state index in [9.17, 15) is 9.90 Å². The zero-order valence-electron chi connectivity index (χ0n) is 17.8. The number of hydrogen-bond acceptors (Lipinski definition) is 6. The van der Waals surface area contributed by atoms with Crippen molar-refractivity contribution in [2.75, 3.05) is 26.2 Å². The van der Waals surface area contributed by atoms with Crippen molar-refractivity contribution < 1.29 is 9.90 Å². The van der Waals surface area contributed by atoms with E-state index >= 15 is 0 Å². The molecule has 0 aliphatic carbocycles. The largest absolute Gasteiger partial charge is 0.508 e. The minimum Gasteiger partial charge on any atom is -0.508 e. The van der Waals surface area contributed by atoms with E-state index in [1.54, 1.807) is 26.7 Å². The number of rotatable bonds is 5. The van der Waals surface area contributed by atoms with E-state index in [0.29, 0.717) is 18.7 Å². The Bertz CT molecular complexity index is 1130. The van der Waals surface area contributed by atoms with Gasteiger partial charge in [0.1, 0.15) is 9.57 Å². The van der Waals surface area contributed by atoms with Crippen molar-refractivity contribution in [2.24, 2.45) is 0 Å². The van der Waals surface area contributed by atoms with Gasteiger partial charge in [0.25, 0.3) is 0 Å². The first kappa shape index (κ1) is 22.1. The van der Waals surface area contributed by atoms with Crippen LogP contribution in [0.15, 0.2) is 42.5 Å². The van der Waals surface area contributed by atoms with Crippen molar-refractivity contribution >= 4 is 38.8 Å². The Kier molecular flexibility index (Phi) is 6.86. The molecule has 1 aliphatic rings. The lowest BCUT2D eigenvalue weighted by Crippen LogP contribution is -2.48. The van der Waals surface area contributed by atoms with Crippen molar-refractivity contribution in [2.45, 2.75) is 26.8 Å². The van der Waals surface area contributed by atoms with Crippen molar-refractivity contribution in [3.63, 3.8) is 0 Å². The third-order valence-corrected chi connectivity index (χ3v) is 8.80. The number of carbonyl (C=O) groups is 1. The average Bonchev–Trinajstić information content (AvgIpc) is 3.17. The first-order valence-electron chi connectivity index (χ1n) is 10.5. The third-order valence-electron chi connectivity index (χ3n) is 5.74. The van der Waals surface area contributed by atoms with Crippen LogP contribution in [0.4, 0.5) is 0 Å². The molecule has 0 bridgehead atoms. The number of phenols is 1. The molecule has 31 heavy (non-hydrogen) atoms. The van der Waals surface area contributed by atoms with Crippen LogP contribution in [0.3, 0.4) is 0 Å². The van der Waals surface area contributed by atoms with Gasteiger partial charge in [0.2, 0.25) is 5.91 Å². The molecule has 1 fully saturated rings. The lowest BCUT2D eigenvalue weighted by Gasteiger charge is -2.34. The Balaban J connectivity index is 1.58. The van der Waals surface area contributed by atoms with Gasteiger partial charge in [0.05, 0.1) is 4.88 Å². The number of nitrogens with zero attached hydrogens (tertiary/aromatic N) is 2. The second kappa shape index (κ2) is 9.61. The Labute approximate surface area is 195 Å². The SMILES string of the molecule is CCC(=O)N1CCN(Cc2cc(-c3ssc(=S)c3-c3ccc(C)cc3)ccc2O)CC1. The van der Waals surface area contributed by atoms with Crippen LogP contribution in [0.5, 0.6) is 5.75 Å². The molecule has 2 aromatic carbocycles. The molecule has 162 valence electrons. The third kappa shape index (κ3) is 4.90. The number of benzene rings is 2. The Morgan fingerprint density at radius 3 is 2.39 bits per heavy atom. The van der Waals surface area contributed by atoms with Crippen LogP contribution in [0, 0.1) is 10.7 Å². The molecule has 3 aromatic rings. The van der Waals surface area contributed by atoms with Gasteiger partial charge in [-0.25, -0.2) is 0 Å². The van der Waals surface area contributed by atoms with Gasteiger partial charge in [-0.15, -0.1) is 0 Å². The van der Waals surface area contributed by atoms with Crippen molar-refractivity contribution in [1.29, 1.82) is 0 Å². The second-order valence-corrected chi connectivity index (χ2v) is 10.7. The fourth-order valence-electron chi connectivity index (χ4n) is 3.89. The maximum Gasteiger partial charge on any atom is 0.222 e. The highest BCUT2D eigenvalue weighted by Crippen LogP contribution is 2.42. The van der Waals surface area contributed by atoms with Gasteiger partial charge >= 0.3 is 0 Å². The van der Waals surface area contributed by atoms with E-state index in [1.807, 2.05) is 17.9 Å². The molecule has 1 aliphatic heterocycles. The van der Waals surface area contributed by atoms with Crippen LogP contribution >= 0.6 is 32.9 Å². The maximum absolute atomic E-state index is 11.9. The molecule has 1 N–H and O–H groups in total. The highest BCUT2D eigenvalue weighted by Gasteiger charge is 2.21. The lowest BCUT2D eigenvalue weighted by molar-refractivity contribution is -0.132. The Morgan fingerprint density at radius 1 is 1.03 bits per heavy atom. The zero-order valence-corrected chi connectivity index (χ0v) is 20.2. The number of hydrogen-bond donors (Lipinski definition) is 1. The summed E-state index contributed by atoms with van der Waals surface area (Å²) in [5.41, 5.74) is 5.46. The number of amides is 1. The number of piperazine rings is 1. The van der Waals surface area contributed by atoms with Gasteiger partial charge in [0, 0.05) is 50.3 Å². The van der Waals surface area contributed by atoms with Crippen LogP contribution in [0.25, 0.3) is 21.6 Å². The smallest absolute Gasteiger partial charge is 0.222 e. The van der Waals surface area contributed by atoms with E-state index in [2.05, 4.69) is 42.2 Å². The summed E-state index contributed by atoms with van der Waals surface area (Å²) in [6.07, 6.45) is 0.554. The first-order valence-corrected chi connectivity index (χ1v) is 13.0. The van der Waals surface area contributed by atoms with Gasteiger partial charge in [-0.3, -0.25) is 9.69 Å². The molecule has 0 radical (unpaired) electrons. The summed E-state index contributed by atoms with van der Waals surface area (Å²) < 4.78 is 0.898. The molecule has 0 atom stereocenters. The zero-order chi connectivity index (χ0) is 22.0. The highest BCUT2D eigenvalue weighted by atomic mass is 32.9. The van der Waals surface area contributed by atoms with Crippen molar-refractivity contribution in [3.8, 4) is 27.3 Å². The maximum atomic E-state index is 11.9. The van der Waals surface area contributed by atoms with Gasteiger partial charge in [0.15, 0.2) is 0 Å². The summed E-state index contributed by atoms with van der Waals surface area (Å²) >= 11 is 5.66. The molecule has 1 saturated heterocycles. The number of carbonyl (C=O) groups excluding carboxylic acids is 1. The summed E-state index contributed by atoms with van der Waals surface area (Å²) in [4.78, 5) is 17.3. The summed E-state index contributed by atoms with van der Waals surface area (Å²) in [5.74, 6) is 0.526. The van der Waals surface area contributed by atoms with E-state index < -0.39 is 0 Å². The van der Waals surface area contributed by atoms with Crippen LogP contribution in [0.1, 0.15) is 24.5 Å². The van der Waals surface area contributed by atoms with E-state index in [1.165, 1.54) is 5.56 Å². The van der Waals surface area contributed by atoms with Crippen LogP contribution in [-0.4, -0.2) is 47.0 Å². The van der Waals surface area contributed by atoms with E-state index in [0.717, 1.165) is 57.1 Å². The van der Waals surface area contributed by atoms with Gasteiger partial charge < -0.3 is 10.0 Å². The molecule has 4 rings (SSSR count). The molecule has 0 unspecified atom stereocenters. The second-order valence-electron chi connectivity index (χ2n) is 7.88. The molecular formula is C24H26N2O2S3. The lowest BCUT2D eigenvalue weighted by atomic mass is 10.0. The topological polar surface area (TPSA) is 43.8 Å². The molecule has 7 heteroatoms. The Hall–Kier alpha value is -2.06. The summed E-state index contributed by atoms with van der Waals surface area (Å²) in [5, 5.41) is 10.5. The van der Waals surface area contributed by atoms with E-state index in [-0.39, 0.29) is 5.91 Å². The number of aromatic hydroxyl groups is 1. The summed E-state index contributed by atoms with van der Waals surface area (Å²) in [7, 11) is 3.31. The van der Waals surface area contributed by atoms with Crippen molar-refractivity contribution in [1.82, 2.24) is 9.80 Å². The standard InChI is InChI=1S/C24H26N2O2S3/c1-3-21(28)26-12-10-25(11-13-26)15-19-14-18(8-9-20(19)27)23-22(24(29)31-30-23)17-6-4-16(2)5-7-17/h4-9,14,27H,3,10-13,15H2,1-2H3. The van der Waals surface area contributed by atoms with Gasteiger partial charge in [-0.1, -0.05) is 69.7 Å². The minimum atomic E-state index is 0.215. The number of aryl methyl sites for hydroxylation is 1. The van der Waals surface area contributed by atoms with Gasteiger partial charge in [-0.05, 0) is 36.2 Å². The predicted molar refractivity (Wildman–Crippen MR) is 132 cm³/mol. The monoisotopic (exact) mass is 470 g/mol. The van der Waals surface area contributed by atoms with Crippen LogP contribution in [0.2, 0.25) is 0 Å². The Morgan fingerprint density at radius 2 is 1.71 bits per heavy atom. The predicted octanol–water partition coefficient (Wildman–Crippen LogP) is 5.94. The molecule has 1 aromatic heterocycles. The molecular weight excluding hydrogens is 444 g/mol. The van der Waals surface area contributed by atoms with Crippen LogP contribution in [-0.2, 0) is 11.3 Å². The normalized spacial score (nSPS) is 14.7. The van der Waals surface area contributed by atoms with E-state index in [4.69, 9.17) is 12.2 Å². The molecule has 0 spiro atoms. The van der Waals surface area contributed by atoms with Gasteiger partial charge in [-0.2, -0.15) is 0 Å². The fraction of sp³-hybridized carbons (Fsp3) is 0.333.